The van der Waals surface area contributed by atoms with Crippen LogP contribution in [0.2, 0.25) is 0 Å². The van der Waals surface area contributed by atoms with Gasteiger partial charge in [0, 0.05) is 19.1 Å². The average Bonchev–Trinajstić information content (AvgIpc) is 2.91. The number of nitrogens with one attached hydrogen (secondary N) is 2. The zero-order chi connectivity index (χ0) is 14.5. The Hall–Kier alpha value is -1.67. The number of nitrogens with two attached hydrogens (primary N) is 1. The maximum Gasteiger partial charge on any atom is 0.243 e. The monoisotopic (exact) mass is 281 g/mol. The molecule has 1 aliphatic rings. The average molecular weight is 281 g/mol. The van der Waals surface area contributed by atoms with Crippen molar-refractivity contribution in [1.29, 1.82) is 0 Å². The number of rotatable bonds is 6. The van der Waals surface area contributed by atoms with Gasteiger partial charge in [0.25, 0.3) is 0 Å². The van der Waals surface area contributed by atoms with E-state index in [4.69, 9.17) is 5.84 Å². The molecule has 2 heterocycles. The second-order valence-electron chi connectivity index (χ2n) is 5.25. The van der Waals surface area contributed by atoms with E-state index in [1.54, 1.807) is 6.92 Å². The van der Waals surface area contributed by atoms with Crippen LogP contribution in [0.3, 0.4) is 0 Å². The van der Waals surface area contributed by atoms with Gasteiger partial charge < -0.3 is 15.3 Å². The van der Waals surface area contributed by atoms with Crippen molar-refractivity contribution >= 4 is 17.8 Å². The molecule has 0 saturated carbocycles. The lowest BCUT2D eigenvalue weighted by Gasteiger charge is -2.19. The summed E-state index contributed by atoms with van der Waals surface area (Å²) in [6, 6.07) is 0.0643. The molecular formula is C12H23N7O. The molecule has 0 aliphatic carbocycles. The molecule has 1 aromatic heterocycles. The fourth-order valence-electron chi connectivity index (χ4n) is 2.34. The third kappa shape index (κ3) is 3.91. The molecule has 1 fully saturated rings. The van der Waals surface area contributed by atoms with Crippen LogP contribution in [0.4, 0.5) is 17.8 Å². The van der Waals surface area contributed by atoms with Crippen LogP contribution >= 0.6 is 0 Å². The Kier molecular flexibility index (Phi) is 4.91. The van der Waals surface area contributed by atoms with Crippen molar-refractivity contribution in [3.8, 4) is 0 Å². The van der Waals surface area contributed by atoms with Gasteiger partial charge in [-0.2, -0.15) is 15.0 Å². The normalized spacial score (nSPS) is 17.9. The van der Waals surface area contributed by atoms with Gasteiger partial charge in [-0.25, -0.2) is 5.84 Å². The number of aliphatic hydroxyl groups excluding tert-OH is 1. The standard InChI is InChI=1S/C12H23N7O/c1-8(7-9(2)20)14-10-15-11(18-13)17-12(16-10)19-5-3-4-6-19/h8-9,20H,3-7,13H2,1-2H3,(H2,14,15,16,17,18). The lowest BCUT2D eigenvalue weighted by atomic mass is 10.2. The summed E-state index contributed by atoms with van der Waals surface area (Å²) in [7, 11) is 0. The molecule has 8 heteroatoms. The van der Waals surface area contributed by atoms with Gasteiger partial charge in [-0.3, -0.25) is 5.43 Å². The summed E-state index contributed by atoms with van der Waals surface area (Å²) in [4.78, 5) is 15.0. The number of hydrogen-bond donors (Lipinski definition) is 4. The van der Waals surface area contributed by atoms with Crippen LogP contribution in [0.1, 0.15) is 33.1 Å². The van der Waals surface area contributed by atoms with E-state index in [-0.39, 0.29) is 12.1 Å². The third-order valence-corrected chi connectivity index (χ3v) is 3.21. The lowest BCUT2D eigenvalue weighted by molar-refractivity contribution is 0.179. The molecule has 0 radical (unpaired) electrons. The van der Waals surface area contributed by atoms with Gasteiger partial charge in [0.05, 0.1) is 6.10 Å². The van der Waals surface area contributed by atoms with E-state index in [1.165, 1.54) is 0 Å². The van der Waals surface area contributed by atoms with Crippen LogP contribution in [0.5, 0.6) is 0 Å². The van der Waals surface area contributed by atoms with Crippen LogP contribution < -0.4 is 21.5 Å². The van der Waals surface area contributed by atoms with Gasteiger partial charge in [-0.05, 0) is 33.1 Å². The van der Waals surface area contributed by atoms with Gasteiger partial charge >= 0.3 is 0 Å². The zero-order valence-corrected chi connectivity index (χ0v) is 12.0. The van der Waals surface area contributed by atoms with E-state index in [2.05, 4.69) is 30.6 Å². The SMILES string of the molecule is CC(O)CC(C)Nc1nc(NN)nc(N2CCCC2)n1. The first-order valence-electron chi connectivity index (χ1n) is 7.00. The predicted octanol–water partition coefficient (Wildman–Crippen LogP) is 0.329. The van der Waals surface area contributed by atoms with Crippen molar-refractivity contribution in [2.24, 2.45) is 5.84 Å². The minimum atomic E-state index is -0.371. The summed E-state index contributed by atoms with van der Waals surface area (Å²) in [5.41, 5.74) is 2.47. The second-order valence-corrected chi connectivity index (χ2v) is 5.25. The van der Waals surface area contributed by atoms with Crippen molar-refractivity contribution in [3.63, 3.8) is 0 Å². The number of nitrogens with zero attached hydrogens (tertiary/aromatic N) is 4. The van der Waals surface area contributed by atoms with Crippen LogP contribution in [-0.2, 0) is 0 Å². The van der Waals surface area contributed by atoms with E-state index in [0.717, 1.165) is 25.9 Å². The minimum Gasteiger partial charge on any atom is -0.393 e. The molecule has 0 bridgehead atoms. The smallest absolute Gasteiger partial charge is 0.243 e. The molecular weight excluding hydrogens is 258 g/mol. The van der Waals surface area contributed by atoms with Crippen LogP contribution in [0, 0.1) is 0 Å². The highest BCUT2D eigenvalue weighted by Crippen LogP contribution is 2.18. The topological polar surface area (TPSA) is 112 Å². The van der Waals surface area contributed by atoms with Gasteiger partial charge in [0.15, 0.2) is 0 Å². The molecule has 2 atom stereocenters. The first-order valence-corrected chi connectivity index (χ1v) is 7.00. The van der Waals surface area contributed by atoms with E-state index >= 15 is 0 Å². The van der Waals surface area contributed by atoms with E-state index < -0.39 is 0 Å². The second kappa shape index (κ2) is 6.67. The number of aromatic nitrogens is 3. The molecule has 0 aromatic carbocycles. The quantitative estimate of drug-likeness (QED) is 0.436. The van der Waals surface area contributed by atoms with E-state index in [9.17, 15) is 5.11 Å². The largest absolute Gasteiger partial charge is 0.393 e. The van der Waals surface area contributed by atoms with Crippen molar-refractivity contribution in [2.45, 2.75) is 45.3 Å². The molecule has 1 aliphatic heterocycles. The fourth-order valence-corrected chi connectivity index (χ4v) is 2.34. The number of aliphatic hydroxyl groups is 1. The Bertz CT molecular complexity index is 434. The van der Waals surface area contributed by atoms with Crippen LogP contribution in [-0.4, -0.2) is 45.3 Å². The Morgan fingerprint density at radius 1 is 1.20 bits per heavy atom. The maximum atomic E-state index is 9.40. The summed E-state index contributed by atoms with van der Waals surface area (Å²) < 4.78 is 0. The van der Waals surface area contributed by atoms with Gasteiger partial charge in [-0.15, -0.1) is 0 Å². The van der Waals surface area contributed by atoms with Crippen molar-refractivity contribution in [1.82, 2.24) is 15.0 Å². The van der Waals surface area contributed by atoms with E-state index in [0.29, 0.717) is 24.3 Å². The van der Waals surface area contributed by atoms with Gasteiger partial charge in [-0.1, -0.05) is 0 Å². The molecule has 2 unspecified atom stereocenters. The summed E-state index contributed by atoms with van der Waals surface area (Å²) in [5.74, 6) is 6.86. The highest BCUT2D eigenvalue weighted by atomic mass is 16.3. The van der Waals surface area contributed by atoms with Gasteiger partial charge in [0.1, 0.15) is 0 Å². The fraction of sp³-hybridized carbons (Fsp3) is 0.750. The molecule has 20 heavy (non-hydrogen) atoms. The molecule has 5 N–H and O–H groups in total. The van der Waals surface area contributed by atoms with Crippen LogP contribution in [0.25, 0.3) is 0 Å². The van der Waals surface area contributed by atoms with Crippen LogP contribution in [0.15, 0.2) is 0 Å². The summed E-state index contributed by atoms with van der Waals surface area (Å²) >= 11 is 0. The first kappa shape index (κ1) is 14.7. The number of hydrogen-bond acceptors (Lipinski definition) is 8. The summed E-state index contributed by atoms with van der Waals surface area (Å²) in [5, 5.41) is 12.6. The minimum absolute atomic E-state index is 0.0643. The number of nitrogen functional groups attached to an aromatic ring is 1. The first-order chi connectivity index (χ1) is 9.58. The third-order valence-electron chi connectivity index (χ3n) is 3.21. The summed E-state index contributed by atoms with van der Waals surface area (Å²) in [6.45, 7) is 5.64. The van der Waals surface area contributed by atoms with Crippen molar-refractivity contribution in [3.05, 3.63) is 0 Å². The zero-order valence-electron chi connectivity index (χ0n) is 12.0. The highest BCUT2D eigenvalue weighted by molar-refractivity contribution is 5.44. The molecule has 2 rings (SSSR count). The molecule has 0 spiro atoms. The van der Waals surface area contributed by atoms with Crippen molar-refractivity contribution < 1.29 is 5.11 Å². The lowest BCUT2D eigenvalue weighted by Crippen LogP contribution is -2.26. The Morgan fingerprint density at radius 2 is 1.85 bits per heavy atom. The van der Waals surface area contributed by atoms with Crippen molar-refractivity contribution in [2.75, 3.05) is 28.7 Å². The Morgan fingerprint density at radius 3 is 2.45 bits per heavy atom. The number of hydrazine groups is 1. The number of anilines is 3. The molecule has 112 valence electrons. The molecule has 1 saturated heterocycles. The van der Waals surface area contributed by atoms with Gasteiger partial charge in [0.2, 0.25) is 17.8 Å². The van der Waals surface area contributed by atoms with E-state index in [1.807, 2.05) is 6.92 Å². The highest BCUT2D eigenvalue weighted by Gasteiger charge is 2.18. The molecule has 1 aromatic rings. The maximum absolute atomic E-state index is 9.40. The predicted molar refractivity (Wildman–Crippen MR) is 78.5 cm³/mol. The summed E-state index contributed by atoms with van der Waals surface area (Å²) in [6.07, 6.45) is 2.55. The molecule has 0 amide bonds. The Balaban J connectivity index is 2.12. The molecule has 8 nitrogen and oxygen atoms in total. The Labute approximate surface area is 118 Å².